The number of amides is 2. The van der Waals surface area contributed by atoms with Crippen molar-refractivity contribution in [3.05, 3.63) is 65.5 Å². The Balaban J connectivity index is 1.27. The predicted molar refractivity (Wildman–Crippen MR) is 122 cm³/mol. The summed E-state index contributed by atoms with van der Waals surface area (Å²) in [5.41, 5.74) is 1.74. The average Bonchev–Trinajstić information content (AvgIpc) is 2.78. The lowest BCUT2D eigenvalue weighted by atomic mass is 9.96. The molecule has 0 radical (unpaired) electrons. The molecule has 1 aliphatic rings. The number of halogens is 1. The van der Waals surface area contributed by atoms with Crippen molar-refractivity contribution >= 4 is 11.8 Å². The Hall–Kier alpha value is -2.93. The Labute approximate surface area is 189 Å². The molecule has 1 aliphatic heterocycles. The minimum Gasteiger partial charge on any atom is -0.492 e. The van der Waals surface area contributed by atoms with Crippen LogP contribution >= 0.6 is 0 Å². The number of hydrogen-bond acceptors (Lipinski definition) is 4. The Morgan fingerprint density at radius 1 is 1.06 bits per heavy atom. The highest BCUT2D eigenvalue weighted by Crippen LogP contribution is 2.17. The maximum Gasteiger partial charge on any atom is 0.234 e. The number of likely N-dealkylation sites (tertiary alicyclic amines) is 1. The van der Waals surface area contributed by atoms with Gasteiger partial charge in [0.1, 0.15) is 18.2 Å². The molecule has 2 amide bonds. The lowest BCUT2D eigenvalue weighted by Crippen LogP contribution is -2.45. The van der Waals surface area contributed by atoms with Crippen molar-refractivity contribution in [2.75, 3.05) is 39.3 Å². The minimum atomic E-state index is -0.241. The number of aryl methyl sites for hydroxylation is 1. The summed E-state index contributed by atoms with van der Waals surface area (Å²) in [5, 5.41) is 5.80. The number of nitrogens with zero attached hydrogens (tertiary/aromatic N) is 1. The molecule has 0 spiro atoms. The second-order valence-electron chi connectivity index (χ2n) is 8.20. The summed E-state index contributed by atoms with van der Waals surface area (Å²) < 4.78 is 19.3. The van der Waals surface area contributed by atoms with Crippen LogP contribution in [0.1, 0.15) is 24.0 Å². The molecule has 1 fully saturated rings. The zero-order valence-corrected chi connectivity index (χ0v) is 18.6. The minimum absolute atomic E-state index is 0.0127. The molecule has 0 unspecified atom stereocenters. The summed E-state index contributed by atoms with van der Waals surface area (Å²) in [6, 6.07) is 14.4. The first-order valence-electron chi connectivity index (χ1n) is 11.2. The summed E-state index contributed by atoms with van der Waals surface area (Å²) in [6.07, 6.45) is 1.91. The summed E-state index contributed by atoms with van der Waals surface area (Å²) in [6.45, 7) is 5.04. The van der Waals surface area contributed by atoms with Crippen molar-refractivity contribution in [3.8, 4) is 5.75 Å². The van der Waals surface area contributed by atoms with Crippen LogP contribution < -0.4 is 15.4 Å². The lowest BCUT2D eigenvalue weighted by molar-refractivity contribution is -0.126. The number of rotatable bonds is 10. The van der Waals surface area contributed by atoms with Crippen molar-refractivity contribution in [3.63, 3.8) is 0 Å². The second kappa shape index (κ2) is 12.2. The molecule has 7 heteroatoms. The fourth-order valence-electron chi connectivity index (χ4n) is 3.84. The van der Waals surface area contributed by atoms with Gasteiger partial charge in [0.05, 0.1) is 13.1 Å². The van der Waals surface area contributed by atoms with Gasteiger partial charge in [-0.05, 0) is 68.6 Å². The molecule has 0 saturated carbocycles. The van der Waals surface area contributed by atoms with E-state index in [0.29, 0.717) is 51.3 Å². The van der Waals surface area contributed by atoms with Crippen LogP contribution in [0.2, 0.25) is 0 Å². The zero-order valence-electron chi connectivity index (χ0n) is 18.6. The highest BCUT2D eigenvalue weighted by Gasteiger charge is 2.25. The van der Waals surface area contributed by atoms with Crippen LogP contribution in [-0.4, -0.2) is 56.0 Å². The van der Waals surface area contributed by atoms with E-state index in [4.69, 9.17) is 4.74 Å². The molecule has 1 saturated heterocycles. The van der Waals surface area contributed by atoms with Gasteiger partial charge in [0.25, 0.3) is 0 Å². The highest BCUT2D eigenvalue weighted by molar-refractivity contribution is 5.79. The largest absolute Gasteiger partial charge is 0.492 e. The third kappa shape index (κ3) is 7.64. The van der Waals surface area contributed by atoms with Crippen LogP contribution in [0.25, 0.3) is 0 Å². The monoisotopic (exact) mass is 441 g/mol. The Morgan fingerprint density at radius 2 is 1.84 bits per heavy atom. The summed E-state index contributed by atoms with van der Waals surface area (Å²) in [7, 11) is 0. The normalized spacial score (nSPS) is 14.7. The first-order chi connectivity index (χ1) is 15.5. The number of hydrogen-bond donors (Lipinski definition) is 2. The fraction of sp³-hybridized carbons (Fsp3) is 0.440. The summed E-state index contributed by atoms with van der Waals surface area (Å²) in [5.74, 6) is 0.477. The molecule has 32 heavy (non-hydrogen) atoms. The number of carbonyl (C=O) groups is 2. The molecule has 0 bridgehead atoms. The highest BCUT2D eigenvalue weighted by atomic mass is 19.1. The second-order valence-corrected chi connectivity index (χ2v) is 8.20. The van der Waals surface area contributed by atoms with Crippen molar-refractivity contribution in [1.82, 2.24) is 15.5 Å². The zero-order chi connectivity index (χ0) is 22.8. The van der Waals surface area contributed by atoms with Crippen LogP contribution in [0.5, 0.6) is 5.75 Å². The number of nitrogens with one attached hydrogen (secondary N) is 2. The molecule has 0 aromatic heterocycles. The molecule has 2 aromatic rings. The molecule has 3 rings (SSSR count). The predicted octanol–water partition coefficient (Wildman–Crippen LogP) is 2.70. The van der Waals surface area contributed by atoms with E-state index in [1.54, 1.807) is 18.2 Å². The molecular formula is C25H32FN3O3. The first-order valence-corrected chi connectivity index (χ1v) is 11.2. The van der Waals surface area contributed by atoms with Crippen molar-refractivity contribution in [2.45, 2.75) is 26.2 Å². The van der Waals surface area contributed by atoms with E-state index >= 15 is 0 Å². The van der Waals surface area contributed by atoms with Crippen molar-refractivity contribution < 1.29 is 18.7 Å². The SMILES string of the molecule is Cc1cccc(OCCNC(=O)CN2CCC(C(=O)NCCc3ccccc3F)CC2)c1. The first kappa shape index (κ1) is 23.7. The van der Waals surface area contributed by atoms with Gasteiger partial charge in [-0.2, -0.15) is 0 Å². The van der Waals surface area contributed by atoms with Gasteiger partial charge in [0, 0.05) is 12.5 Å². The molecule has 0 aliphatic carbocycles. The molecule has 0 atom stereocenters. The van der Waals surface area contributed by atoms with Crippen LogP contribution in [0.4, 0.5) is 4.39 Å². The maximum atomic E-state index is 13.6. The van der Waals surface area contributed by atoms with E-state index in [0.717, 1.165) is 24.2 Å². The summed E-state index contributed by atoms with van der Waals surface area (Å²) in [4.78, 5) is 26.6. The molecule has 2 aromatic carbocycles. The third-order valence-electron chi connectivity index (χ3n) is 5.66. The van der Waals surface area contributed by atoms with Gasteiger partial charge in [0.2, 0.25) is 11.8 Å². The quantitative estimate of drug-likeness (QED) is 0.556. The van der Waals surface area contributed by atoms with E-state index in [1.807, 2.05) is 31.2 Å². The molecule has 2 N–H and O–H groups in total. The average molecular weight is 442 g/mol. The number of piperidine rings is 1. The molecule has 6 nitrogen and oxygen atoms in total. The van der Waals surface area contributed by atoms with Crippen LogP contribution in [0, 0.1) is 18.7 Å². The van der Waals surface area contributed by atoms with E-state index in [2.05, 4.69) is 15.5 Å². The van der Waals surface area contributed by atoms with Gasteiger partial charge >= 0.3 is 0 Å². The number of ether oxygens (including phenoxy) is 1. The molecular weight excluding hydrogens is 409 g/mol. The lowest BCUT2D eigenvalue weighted by Gasteiger charge is -2.30. The third-order valence-corrected chi connectivity index (χ3v) is 5.66. The molecule has 172 valence electrons. The van der Waals surface area contributed by atoms with E-state index in [1.165, 1.54) is 6.07 Å². The van der Waals surface area contributed by atoms with Gasteiger partial charge in [-0.25, -0.2) is 4.39 Å². The van der Waals surface area contributed by atoms with Gasteiger partial charge in [-0.3, -0.25) is 14.5 Å². The van der Waals surface area contributed by atoms with Gasteiger partial charge in [0.15, 0.2) is 0 Å². The van der Waals surface area contributed by atoms with E-state index in [9.17, 15) is 14.0 Å². The molecule has 1 heterocycles. The Kier molecular flexibility index (Phi) is 9.04. The number of carbonyl (C=O) groups excluding carboxylic acids is 2. The number of benzene rings is 2. The van der Waals surface area contributed by atoms with Crippen LogP contribution in [0.15, 0.2) is 48.5 Å². The van der Waals surface area contributed by atoms with Crippen molar-refractivity contribution in [2.24, 2.45) is 5.92 Å². The van der Waals surface area contributed by atoms with Crippen molar-refractivity contribution in [1.29, 1.82) is 0 Å². The summed E-state index contributed by atoms with van der Waals surface area (Å²) >= 11 is 0. The van der Waals surface area contributed by atoms with E-state index in [-0.39, 0.29) is 23.5 Å². The van der Waals surface area contributed by atoms with Crippen LogP contribution in [-0.2, 0) is 16.0 Å². The van der Waals surface area contributed by atoms with Crippen LogP contribution in [0.3, 0.4) is 0 Å². The van der Waals surface area contributed by atoms with E-state index < -0.39 is 0 Å². The maximum absolute atomic E-state index is 13.6. The van der Waals surface area contributed by atoms with Gasteiger partial charge in [-0.15, -0.1) is 0 Å². The standard InChI is InChI=1S/C25H32FN3O3/c1-19-5-4-7-22(17-19)32-16-13-27-24(30)18-29-14-10-21(11-15-29)25(31)28-12-9-20-6-2-3-8-23(20)26/h2-8,17,21H,9-16,18H2,1H3,(H,27,30)(H,28,31). The Morgan fingerprint density at radius 3 is 2.59 bits per heavy atom. The van der Waals surface area contributed by atoms with Gasteiger partial charge < -0.3 is 15.4 Å². The smallest absolute Gasteiger partial charge is 0.234 e. The Bertz CT molecular complexity index is 898. The van der Waals surface area contributed by atoms with Gasteiger partial charge in [-0.1, -0.05) is 30.3 Å². The fourth-order valence-corrected chi connectivity index (χ4v) is 3.84. The topological polar surface area (TPSA) is 70.7 Å².